The van der Waals surface area contributed by atoms with Crippen molar-refractivity contribution in [1.82, 2.24) is 10.2 Å². The van der Waals surface area contributed by atoms with Crippen molar-refractivity contribution in [3.63, 3.8) is 0 Å². The second-order valence-corrected chi connectivity index (χ2v) is 3.58. The smallest absolute Gasteiger partial charge is 0.322 e. The van der Waals surface area contributed by atoms with Crippen LogP contribution in [0.25, 0.3) is 0 Å². The molecule has 0 saturated carbocycles. The number of carbonyl (C=O) groups is 1. The third kappa shape index (κ3) is 2.41. The van der Waals surface area contributed by atoms with Gasteiger partial charge in [-0.05, 0) is 30.7 Å². The topological polar surface area (TPSA) is 88.2 Å². The summed E-state index contributed by atoms with van der Waals surface area (Å²) in [6.07, 6.45) is 0. The molecule has 0 spiro atoms. The molecular formula is C11H11N3O3. The van der Waals surface area contributed by atoms with E-state index < -0.39 is 0 Å². The maximum absolute atomic E-state index is 11.8. The Labute approximate surface area is 97.3 Å². The SMILES string of the molecule is Cc1nnc(NC(=O)c2ccc(O)cc2C)o1. The Morgan fingerprint density at radius 2 is 2.12 bits per heavy atom. The lowest BCUT2D eigenvalue weighted by Crippen LogP contribution is -2.13. The zero-order chi connectivity index (χ0) is 12.4. The van der Waals surface area contributed by atoms with Crippen molar-refractivity contribution in [1.29, 1.82) is 0 Å². The van der Waals surface area contributed by atoms with Gasteiger partial charge >= 0.3 is 6.01 Å². The summed E-state index contributed by atoms with van der Waals surface area (Å²) in [4.78, 5) is 11.8. The minimum Gasteiger partial charge on any atom is -0.508 e. The second kappa shape index (κ2) is 4.25. The lowest BCUT2D eigenvalue weighted by Gasteiger charge is -2.04. The highest BCUT2D eigenvalue weighted by Gasteiger charge is 2.12. The van der Waals surface area contributed by atoms with Crippen molar-refractivity contribution >= 4 is 11.9 Å². The van der Waals surface area contributed by atoms with Gasteiger partial charge in [-0.3, -0.25) is 10.1 Å². The quantitative estimate of drug-likeness (QED) is 0.823. The van der Waals surface area contributed by atoms with Crippen LogP contribution in [0, 0.1) is 13.8 Å². The van der Waals surface area contributed by atoms with Crippen LogP contribution in [0.4, 0.5) is 6.01 Å². The van der Waals surface area contributed by atoms with Gasteiger partial charge in [0, 0.05) is 12.5 Å². The number of amides is 1. The summed E-state index contributed by atoms with van der Waals surface area (Å²) >= 11 is 0. The van der Waals surface area contributed by atoms with Crippen molar-refractivity contribution in [3.05, 3.63) is 35.2 Å². The first kappa shape index (κ1) is 11.1. The fraction of sp³-hybridized carbons (Fsp3) is 0.182. The van der Waals surface area contributed by atoms with E-state index in [-0.39, 0.29) is 17.7 Å². The van der Waals surface area contributed by atoms with Crippen LogP contribution >= 0.6 is 0 Å². The first-order chi connectivity index (χ1) is 8.06. The number of carbonyl (C=O) groups excluding carboxylic acids is 1. The van der Waals surface area contributed by atoms with Crippen LogP contribution < -0.4 is 5.32 Å². The van der Waals surface area contributed by atoms with Crippen molar-refractivity contribution in [2.75, 3.05) is 5.32 Å². The van der Waals surface area contributed by atoms with Gasteiger partial charge in [0.25, 0.3) is 5.91 Å². The molecule has 17 heavy (non-hydrogen) atoms. The van der Waals surface area contributed by atoms with Crippen LogP contribution in [0.2, 0.25) is 0 Å². The highest BCUT2D eigenvalue weighted by molar-refractivity contribution is 6.04. The predicted octanol–water partition coefficient (Wildman–Crippen LogP) is 1.64. The monoisotopic (exact) mass is 233 g/mol. The number of nitrogens with zero attached hydrogens (tertiary/aromatic N) is 2. The number of aromatic nitrogens is 2. The molecule has 0 bridgehead atoms. The van der Waals surface area contributed by atoms with E-state index >= 15 is 0 Å². The lowest BCUT2D eigenvalue weighted by atomic mass is 10.1. The molecule has 0 radical (unpaired) electrons. The van der Waals surface area contributed by atoms with Crippen LogP contribution in [-0.4, -0.2) is 21.2 Å². The van der Waals surface area contributed by atoms with Crippen LogP contribution in [0.3, 0.4) is 0 Å². The standard InChI is InChI=1S/C11H11N3O3/c1-6-5-8(15)3-4-9(6)10(16)12-11-14-13-7(2)17-11/h3-5,15H,1-2H3,(H,12,14,16). The third-order valence-corrected chi connectivity index (χ3v) is 2.20. The van der Waals surface area contributed by atoms with E-state index in [9.17, 15) is 9.90 Å². The highest BCUT2D eigenvalue weighted by atomic mass is 16.4. The van der Waals surface area contributed by atoms with E-state index in [0.717, 1.165) is 0 Å². The van der Waals surface area contributed by atoms with Gasteiger partial charge in [0.1, 0.15) is 5.75 Å². The highest BCUT2D eigenvalue weighted by Crippen LogP contribution is 2.17. The molecule has 0 aliphatic carbocycles. The van der Waals surface area contributed by atoms with E-state index in [1.54, 1.807) is 13.8 Å². The Morgan fingerprint density at radius 3 is 2.71 bits per heavy atom. The molecule has 0 aliphatic rings. The van der Waals surface area contributed by atoms with Crippen molar-refractivity contribution in [2.24, 2.45) is 0 Å². The third-order valence-electron chi connectivity index (χ3n) is 2.20. The molecule has 0 fully saturated rings. The average molecular weight is 233 g/mol. The number of nitrogens with one attached hydrogen (secondary N) is 1. The van der Waals surface area contributed by atoms with Crippen LogP contribution in [-0.2, 0) is 0 Å². The molecule has 2 rings (SSSR count). The summed E-state index contributed by atoms with van der Waals surface area (Å²) in [5.74, 6) is 0.140. The maximum atomic E-state index is 11.8. The molecule has 88 valence electrons. The van der Waals surface area contributed by atoms with E-state index in [2.05, 4.69) is 15.5 Å². The van der Waals surface area contributed by atoms with E-state index in [1.807, 2.05) is 0 Å². The Balaban J connectivity index is 2.20. The molecule has 6 heteroatoms. The van der Waals surface area contributed by atoms with Crippen molar-refractivity contribution in [2.45, 2.75) is 13.8 Å². The van der Waals surface area contributed by atoms with Gasteiger partial charge in [-0.15, -0.1) is 5.10 Å². The number of hydrogen-bond acceptors (Lipinski definition) is 5. The van der Waals surface area contributed by atoms with Crippen LogP contribution in [0.5, 0.6) is 5.75 Å². The molecular weight excluding hydrogens is 222 g/mol. The predicted molar refractivity (Wildman–Crippen MR) is 59.8 cm³/mol. The zero-order valence-corrected chi connectivity index (χ0v) is 9.39. The van der Waals surface area contributed by atoms with E-state index in [1.165, 1.54) is 18.2 Å². The van der Waals surface area contributed by atoms with E-state index in [0.29, 0.717) is 17.0 Å². The molecule has 2 N–H and O–H groups in total. The molecule has 1 aromatic carbocycles. The van der Waals surface area contributed by atoms with Gasteiger partial charge in [0.05, 0.1) is 0 Å². The molecule has 6 nitrogen and oxygen atoms in total. The minimum absolute atomic E-state index is 0.0555. The largest absolute Gasteiger partial charge is 0.508 e. The van der Waals surface area contributed by atoms with Gasteiger partial charge < -0.3 is 9.52 Å². The van der Waals surface area contributed by atoms with Gasteiger partial charge in [0.2, 0.25) is 5.89 Å². The lowest BCUT2D eigenvalue weighted by molar-refractivity contribution is 0.102. The first-order valence-corrected chi connectivity index (χ1v) is 4.97. The van der Waals surface area contributed by atoms with Gasteiger partial charge in [-0.2, -0.15) is 0 Å². The van der Waals surface area contributed by atoms with Crippen molar-refractivity contribution in [3.8, 4) is 5.75 Å². The Kier molecular flexibility index (Phi) is 2.78. The molecule has 2 aromatic rings. The first-order valence-electron chi connectivity index (χ1n) is 4.97. The van der Waals surface area contributed by atoms with Crippen LogP contribution in [0.15, 0.2) is 22.6 Å². The number of rotatable bonds is 2. The molecule has 1 amide bonds. The van der Waals surface area contributed by atoms with Gasteiger partial charge in [0.15, 0.2) is 0 Å². The van der Waals surface area contributed by atoms with Gasteiger partial charge in [-0.25, -0.2) is 0 Å². The normalized spacial score (nSPS) is 10.2. The summed E-state index contributed by atoms with van der Waals surface area (Å²) in [5.41, 5.74) is 1.11. The summed E-state index contributed by atoms with van der Waals surface area (Å²) < 4.78 is 5.04. The Bertz CT molecular complexity index is 563. The van der Waals surface area contributed by atoms with Crippen molar-refractivity contribution < 1.29 is 14.3 Å². The number of phenolic OH excluding ortho intramolecular Hbond substituents is 1. The van der Waals surface area contributed by atoms with E-state index in [4.69, 9.17) is 4.42 Å². The number of aromatic hydroxyl groups is 1. The molecule has 0 aliphatic heterocycles. The zero-order valence-electron chi connectivity index (χ0n) is 9.39. The fourth-order valence-corrected chi connectivity index (χ4v) is 1.41. The molecule has 0 unspecified atom stereocenters. The summed E-state index contributed by atoms with van der Waals surface area (Å²) in [7, 11) is 0. The summed E-state index contributed by atoms with van der Waals surface area (Å²) in [6.45, 7) is 3.36. The van der Waals surface area contributed by atoms with Crippen LogP contribution in [0.1, 0.15) is 21.8 Å². The fourth-order valence-electron chi connectivity index (χ4n) is 1.41. The molecule has 0 atom stereocenters. The number of anilines is 1. The Hall–Kier alpha value is -2.37. The summed E-state index contributed by atoms with van der Waals surface area (Å²) in [6, 6.07) is 4.54. The molecule has 1 aromatic heterocycles. The second-order valence-electron chi connectivity index (χ2n) is 3.58. The molecule has 1 heterocycles. The number of benzene rings is 1. The Morgan fingerprint density at radius 1 is 1.35 bits per heavy atom. The minimum atomic E-state index is -0.355. The number of phenols is 1. The molecule has 0 saturated heterocycles. The average Bonchev–Trinajstić information content (AvgIpc) is 2.63. The number of hydrogen-bond donors (Lipinski definition) is 2. The van der Waals surface area contributed by atoms with Gasteiger partial charge in [-0.1, -0.05) is 5.10 Å². The summed E-state index contributed by atoms with van der Waals surface area (Å²) in [5, 5.41) is 19.0. The maximum Gasteiger partial charge on any atom is 0.322 e. The number of aryl methyl sites for hydroxylation is 2.